The molecule has 2 aromatic rings. The molecule has 0 fully saturated rings. The van der Waals surface area contributed by atoms with Gasteiger partial charge in [0, 0.05) is 12.2 Å². The smallest absolute Gasteiger partial charge is 0.410 e. The number of ether oxygens (including phenoxy) is 1. The van der Waals surface area contributed by atoms with Crippen molar-refractivity contribution in [2.75, 3.05) is 18.0 Å². The minimum absolute atomic E-state index is 0.393. The van der Waals surface area contributed by atoms with E-state index < -0.39 is 6.09 Å². The highest BCUT2D eigenvalue weighted by atomic mass is 16.6. The van der Waals surface area contributed by atoms with E-state index in [4.69, 9.17) is 10.5 Å². The first-order valence-electron chi connectivity index (χ1n) is 6.61. The van der Waals surface area contributed by atoms with Crippen LogP contribution in [-0.2, 0) is 0 Å². The Kier molecular flexibility index (Phi) is 5.15. The Morgan fingerprint density at radius 1 is 1.00 bits per heavy atom. The van der Waals surface area contributed by atoms with Crippen LogP contribution in [0.5, 0.6) is 5.75 Å². The predicted octanol–water partition coefficient (Wildman–Crippen LogP) is 3.04. The number of benzene rings is 2. The molecule has 0 aliphatic rings. The fourth-order valence-electron chi connectivity index (χ4n) is 1.83. The van der Waals surface area contributed by atoms with Gasteiger partial charge in [-0.15, -0.1) is 0 Å². The zero-order valence-corrected chi connectivity index (χ0v) is 11.2. The number of carbonyl (C=O) groups excluding carboxylic acids is 1. The summed E-state index contributed by atoms with van der Waals surface area (Å²) in [5.41, 5.74) is 6.34. The Morgan fingerprint density at radius 3 is 2.20 bits per heavy atom. The van der Waals surface area contributed by atoms with Gasteiger partial charge in [-0.2, -0.15) is 0 Å². The number of hydrogen-bond acceptors (Lipinski definition) is 3. The zero-order chi connectivity index (χ0) is 14.2. The lowest BCUT2D eigenvalue weighted by Gasteiger charge is -2.21. The molecule has 0 aromatic heterocycles. The number of carbonyl (C=O) groups is 1. The van der Waals surface area contributed by atoms with E-state index in [1.807, 2.05) is 48.5 Å². The molecule has 4 nitrogen and oxygen atoms in total. The van der Waals surface area contributed by atoms with Gasteiger partial charge >= 0.3 is 6.09 Å². The van der Waals surface area contributed by atoms with Crippen molar-refractivity contribution in [2.24, 2.45) is 5.73 Å². The van der Waals surface area contributed by atoms with Crippen molar-refractivity contribution in [3.05, 3.63) is 60.7 Å². The number of nitrogens with zero attached hydrogens (tertiary/aromatic N) is 1. The molecule has 4 heteroatoms. The molecule has 0 spiro atoms. The van der Waals surface area contributed by atoms with Crippen LogP contribution >= 0.6 is 0 Å². The third-order valence-corrected chi connectivity index (χ3v) is 2.82. The van der Waals surface area contributed by atoms with E-state index >= 15 is 0 Å². The van der Waals surface area contributed by atoms with Gasteiger partial charge in [0.15, 0.2) is 0 Å². The second-order valence-electron chi connectivity index (χ2n) is 4.31. The third kappa shape index (κ3) is 3.83. The number of nitrogens with two attached hydrogens (primary N) is 1. The molecule has 0 heterocycles. The van der Waals surface area contributed by atoms with Gasteiger partial charge in [-0.1, -0.05) is 36.4 Å². The molecule has 0 aliphatic heterocycles. The molecule has 2 N–H and O–H groups in total. The molecule has 0 bridgehead atoms. The number of para-hydroxylation sites is 2. The van der Waals surface area contributed by atoms with Gasteiger partial charge in [-0.25, -0.2) is 4.79 Å². The summed E-state index contributed by atoms with van der Waals surface area (Å²) in [5.74, 6) is 0.533. The summed E-state index contributed by atoms with van der Waals surface area (Å²) < 4.78 is 5.37. The average molecular weight is 270 g/mol. The topological polar surface area (TPSA) is 55.6 Å². The molecule has 0 saturated heterocycles. The normalized spacial score (nSPS) is 10.1. The van der Waals surface area contributed by atoms with Crippen molar-refractivity contribution in [1.29, 1.82) is 0 Å². The number of hydrogen-bond donors (Lipinski definition) is 1. The second kappa shape index (κ2) is 7.31. The first kappa shape index (κ1) is 14.1. The van der Waals surface area contributed by atoms with Crippen LogP contribution < -0.4 is 15.4 Å². The largest absolute Gasteiger partial charge is 0.419 e. The molecule has 20 heavy (non-hydrogen) atoms. The van der Waals surface area contributed by atoms with Crippen molar-refractivity contribution in [1.82, 2.24) is 0 Å². The van der Waals surface area contributed by atoms with Crippen LogP contribution in [0.3, 0.4) is 0 Å². The maximum Gasteiger partial charge on any atom is 0.419 e. The predicted molar refractivity (Wildman–Crippen MR) is 79.9 cm³/mol. The van der Waals surface area contributed by atoms with Crippen LogP contribution in [-0.4, -0.2) is 19.2 Å². The summed E-state index contributed by atoms with van der Waals surface area (Å²) in [7, 11) is 0. The molecular formula is C16H18N2O2. The summed E-state index contributed by atoms with van der Waals surface area (Å²) >= 11 is 0. The minimum atomic E-state index is -0.393. The zero-order valence-electron chi connectivity index (χ0n) is 11.2. The molecule has 104 valence electrons. The highest BCUT2D eigenvalue weighted by molar-refractivity contribution is 5.89. The molecule has 0 radical (unpaired) electrons. The average Bonchev–Trinajstić information content (AvgIpc) is 2.50. The lowest BCUT2D eigenvalue weighted by atomic mass is 10.3. The van der Waals surface area contributed by atoms with Crippen LogP contribution in [0.1, 0.15) is 6.42 Å². The summed E-state index contributed by atoms with van der Waals surface area (Å²) in [6.07, 6.45) is 0.328. The van der Waals surface area contributed by atoms with E-state index in [0.29, 0.717) is 18.8 Å². The molecule has 0 unspecified atom stereocenters. The molecule has 2 aromatic carbocycles. The van der Waals surface area contributed by atoms with Gasteiger partial charge < -0.3 is 10.5 Å². The lowest BCUT2D eigenvalue weighted by molar-refractivity contribution is 0.207. The minimum Gasteiger partial charge on any atom is -0.410 e. The number of amides is 1. The standard InChI is InChI=1S/C16H18N2O2/c17-12-7-13-18(14-8-3-1-4-9-14)16(19)20-15-10-5-2-6-11-15/h1-6,8-11H,7,12-13,17H2. The van der Waals surface area contributed by atoms with Gasteiger partial charge in [0.05, 0.1) is 0 Å². The van der Waals surface area contributed by atoms with E-state index in [-0.39, 0.29) is 0 Å². The number of anilines is 1. The van der Waals surface area contributed by atoms with Gasteiger partial charge in [0.25, 0.3) is 0 Å². The Balaban J connectivity index is 2.12. The molecule has 0 saturated carbocycles. The lowest BCUT2D eigenvalue weighted by Crippen LogP contribution is -2.35. The van der Waals surface area contributed by atoms with E-state index in [1.54, 1.807) is 17.0 Å². The van der Waals surface area contributed by atoms with Crippen LogP contribution in [0.4, 0.5) is 10.5 Å². The van der Waals surface area contributed by atoms with Gasteiger partial charge in [-0.3, -0.25) is 4.90 Å². The first-order valence-corrected chi connectivity index (χ1v) is 6.61. The van der Waals surface area contributed by atoms with Crippen molar-refractivity contribution in [3.8, 4) is 5.75 Å². The van der Waals surface area contributed by atoms with Gasteiger partial charge in [-0.05, 0) is 37.2 Å². The van der Waals surface area contributed by atoms with Crippen molar-refractivity contribution < 1.29 is 9.53 Å². The van der Waals surface area contributed by atoms with Crippen molar-refractivity contribution in [2.45, 2.75) is 6.42 Å². The fraction of sp³-hybridized carbons (Fsp3) is 0.188. The Hall–Kier alpha value is -2.33. The van der Waals surface area contributed by atoms with E-state index in [9.17, 15) is 4.79 Å². The summed E-state index contributed by atoms with van der Waals surface area (Å²) in [4.78, 5) is 13.9. The Labute approximate surface area is 118 Å². The quantitative estimate of drug-likeness (QED) is 0.908. The van der Waals surface area contributed by atoms with Gasteiger partial charge in [0.1, 0.15) is 5.75 Å². The second-order valence-corrected chi connectivity index (χ2v) is 4.31. The van der Waals surface area contributed by atoms with Crippen LogP contribution in [0, 0.1) is 0 Å². The molecule has 2 rings (SSSR count). The Morgan fingerprint density at radius 2 is 1.60 bits per heavy atom. The van der Waals surface area contributed by atoms with Gasteiger partial charge in [0.2, 0.25) is 0 Å². The van der Waals surface area contributed by atoms with Crippen LogP contribution in [0.15, 0.2) is 60.7 Å². The van der Waals surface area contributed by atoms with Crippen LogP contribution in [0.25, 0.3) is 0 Å². The summed E-state index contributed by atoms with van der Waals surface area (Å²) in [6.45, 7) is 1.06. The maximum atomic E-state index is 12.3. The monoisotopic (exact) mass is 270 g/mol. The molecule has 0 aliphatic carbocycles. The van der Waals surface area contributed by atoms with Crippen LogP contribution in [0.2, 0.25) is 0 Å². The number of rotatable bonds is 5. The maximum absolute atomic E-state index is 12.3. The molecular weight excluding hydrogens is 252 g/mol. The first-order chi connectivity index (χ1) is 9.81. The summed E-state index contributed by atoms with van der Waals surface area (Å²) in [5, 5.41) is 0. The molecule has 0 atom stereocenters. The van der Waals surface area contributed by atoms with E-state index in [2.05, 4.69) is 0 Å². The van der Waals surface area contributed by atoms with E-state index in [1.165, 1.54) is 0 Å². The highest BCUT2D eigenvalue weighted by Crippen LogP contribution is 2.17. The third-order valence-electron chi connectivity index (χ3n) is 2.82. The molecule has 1 amide bonds. The van der Waals surface area contributed by atoms with Crippen molar-refractivity contribution >= 4 is 11.8 Å². The fourth-order valence-corrected chi connectivity index (χ4v) is 1.83. The van der Waals surface area contributed by atoms with Crippen molar-refractivity contribution in [3.63, 3.8) is 0 Å². The SMILES string of the molecule is NCCCN(C(=O)Oc1ccccc1)c1ccccc1. The summed E-state index contributed by atoms with van der Waals surface area (Å²) in [6, 6.07) is 18.5. The highest BCUT2D eigenvalue weighted by Gasteiger charge is 2.17. The van der Waals surface area contributed by atoms with E-state index in [0.717, 1.165) is 12.1 Å². The Bertz CT molecular complexity index is 529.